The van der Waals surface area contributed by atoms with Crippen molar-refractivity contribution >= 4 is 11.3 Å². The van der Waals surface area contributed by atoms with Crippen molar-refractivity contribution in [2.24, 2.45) is 0 Å². The lowest BCUT2D eigenvalue weighted by molar-refractivity contribution is -0.0718. The minimum absolute atomic E-state index is 0.0460. The van der Waals surface area contributed by atoms with Crippen molar-refractivity contribution in [1.29, 1.82) is 5.26 Å². The number of hydrogen-bond donors (Lipinski definition) is 3. The number of anilines is 1. The van der Waals surface area contributed by atoms with Gasteiger partial charge in [-0.05, 0) is 60.0 Å². The summed E-state index contributed by atoms with van der Waals surface area (Å²) in [5.41, 5.74) is -2.77. The Bertz CT molecular complexity index is 1790. The highest BCUT2D eigenvalue weighted by Gasteiger charge is 2.67. The fraction of sp³-hybridized carbons (Fsp3) is 0.265. The van der Waals surface area contributed by atoms with E-state index in [1.165, 1.54) is 16.9 Å². The zero-order valence-electron chi connectivity index (χ0n) is 24.9. The molecule has 45 heavy (non-hydrogen) atoms. The van der Waals surface area contributed by atoms with E-state index < -0.39 is 35.6 Å². The van der Waals surface area contributed by atoms with Crippen LogP contribution in [0.5, 0.6) is 11.5 Å². The second-order valence-corrected chi connectivity index (χ2v) is 11.0. The number of halogens is 1. The van der Waals surface area contributed by atoms with Crippen LogP contribution < -0.4 is 14.8 Å². The Labute approximate surface area is 259 Å². The fourth-order valence-electron chi connectivity index (χ4n) is 6.17. The molecule has 3 heterocycles. The van der Waals surface area contributed by atoms with Crippen LogP contribution in [0, 0.1) is 11.3 Å². The number of nitrogens with zero attached hydrogens (tertiary/aromatic N) is 4. The first-order valence-corrected chi connectivity index (χ1v) is 14.3. The molecule has 0 amide bonds. The van der Waals surface area contributed by atoms with Gasteiger partial charge >= 0.3 is 0 Å². The SMILES string of the molecule is COc1ccc(C(Nc2ncnn3c([C@]4(C#N)O[C@H](CO)[C@@H](O)[C@@]4(C)F)ccc23)(c2ccccc2)c2ccc(OC)cc2)cc1. The normalized spacial score (nSPS) is 23.0. The van der Waals surface area contributed by atoms with Crippen molar-refractivity contribution in [3.05, 3.63) is 120 Å². The topological polar surface area (TPSA) is 134 Å². The summed E-state index contributed by atoms with van der Waals surface area (Å²) in [5.74, 6) is 1.75. The minimum Gasteiger partial charge on any atom is -0.497 e. The second kappa shape index (κ2) is 11.5. The van der Waals surface area contributed by atoms with Crippen LogP contribution in [0.25, 0.3) is 5.52 Å². The lowest BCUT2D eigenvalue weighted by Crippen LogP contribution is -2.48. The van der Waals surface area contributed by atoms with E-state index in [4.69, 9.17) is 14.2 Å². The first-order valence-electron chi connectivity index (χ1n) is 14.3. The molecule has 0 aliphatic carbocycles. The average molecular weight is 610 g/mol. The molecule has 3 N–H and O–H groups in total. The van der Waals surface area contributed by atoms with E-state index in [2.05, 4.69) is 15.4 Å². The molecule has 230 valence electrons. The number of benzene rings is 3. The number of rotatable bonds is 9. The second-order valence-electron chi connectivity index (χ2n) is 11.0. The van der Waals surface area contributed by atoms with Crippen LogP contribution in [0.2, 0.25) is 0 Å². The maximum Gasteiger partial charge on any atom is 0.233 e. The molecular weight excluding hydrogens is 577 g/mol. The summed E-state index contributed by atoms with van der Waals surface area (Å²) < 4.78 is 34.2. The van der Waals surface area contributed by atoms with Gasteiger partial charge in [0.05, 0.1) is 26.5 Å². The molecule has 0 saturated carbocycles. The summed E-state index contributed by atoms with van der Waals surface area (Å²) in [7, 11) is 3.21. The third kappa shape index (κ3) is 4.57. The van der Waals surface area contributed by atoms with E-state index in [0.717, 1.165) is 23.6 Å². The van der Waals surface area contributed by atoms with E-state index in [1.54, 1.807) is 20.3 Å². The molecule has 0 unspecified atom stereocenters. The Morgan fingerprint density at radius 1 is 0.956 bits per heavy atom. The van der Waals surface area contributed by atoms with Crippen LogP contribution in [0.4, 0.5) is 10.2 Å². The van der Waals surface area contributed by atoms with Gasteiger partial charge in [-0.25, -0.2) is 13.9 Å². The molecule has 2 aromatic heterocycles. The Morgan fingerprint density at radius 3 is 2.04 bits per heavy atom. The number of methoxy groups -OCH3 is 2. The quantitative estimate of drug-likeness (QED) is 0.209. The number of alkyl halides is 1. The van der Waals surface area contributed by atoms with E-state index in [9.17, 15) is 15.5 Å². The lowest BCUT2D eigenvalue weighted by Gasteiger charge is -2.37. The predicted octanol–water partition coefficient (Wildman–Crippen LogP) is 4.35. The van der Waals surface area contributed by atoms with Gasteiger partial charge in [0.25, 0.3) is 0 Å². The average Bonchev–Trinajstić information content (AvgIpc) is 3.61. The predicted molar refractivity (Wildman–Crippen MR) is 164 cm³/mol. The van der Waals surface area contributed by atoms with Gasteiger partial charge in [0, 0.05) is 0 Å². The first-order chi connectivity index (χ1) is 21.7. The largest absolute Gasteiger partial charge is 0.497 e. The van der Waals surface area contributed by atoms with Crippen molar-refractivity contribution in [3.63, 3.8) is 0 Å². The lowest BCUT2D eigenvalue weighted by atomic mass is 9.77. The fourth-order valence-corrected chi connectivity index (χ4v) is 6.17. The summed E-state index contributed by atoms with van der Waals surface area (Å²) in [6.07, 6.45) is -1.75. The van der Waals surface area contributed by atoms with E-state index >= 15 is 4.39 Å². The molecule has 1 aliphatic rings. The molecule has 1 aliphatic heterocycles. The van der Waals surface area contributed by atoms with E-state index in [-0.39, 0.29) is 5.69 Å². The van der Waals surface area contributed by atoms with Crippen molar-refractivity contribution in [1.82, 2.24) is 14.6 Å². The molecule has 0 bridgehead atoms. The highest BCUT2D eigenvalue weighted by molar-refractivity contribution is 5.73. The Kier molecular flexibility index (Phi) is 7.66. The monoisotopic (exact) mass is 609 g/mol. The Morgan fingerprint density at radius 2 is 1.53 bits per heavy atom. The maximum absolute atomic E-state index is 16.2. The number of aliphatic hydroxyl groups excluding tert-OH is 2. The van der Waals surface area contributed by atoms with Crippen molar-refractivity contribution < 1.29 is 28.8 Å². The molecule has 6 rings (SSSR count). The van der Waals surface area contributed by atoms with Crippen LogP contribution in [0.15, 0.2) is 97.3 Å². The van der Waals surface area contributed by atoms with Crippen LogP contribution in [0.1, 0.15) is 29.3 Å². The number of fused-ring (bicyclic) bond motifs is 1. The molecule has 11 heteroatoms. The summed E-state index contributed by atoms with van der Waals surface area (Å²) in [4.78, 5) is 4.61. The summed E-state index contributed by atoms with van der Waals surface area (Å²) in [6, 6.07) is 30.3. The van der Waals surface area contributed by atoms with Crippen LogP contribution in [-0.2, 0) is 15.9 Å². The molecule has 3 aromatic carbocycles. The molecule has 0 spiro atoms. The molecule has 10 nitrogen and oxygen atoms in total. The van der Waals surface area contributed by atoms with Crippen molar-refractivity contribution in [2.75, 3.05) is 26.1 Å². The summed E-state index contributed by atoms with van der Waals surface area (Å²) in [5, 5.41) is 38.7. The van der Waals surface area contributed by atoms with Gasteiger partial charge in [-0.2, -0.15) is 10.4 Å². The van der Waals surface area contributed by atoms with Crippen molar-refractivity contribution in [3.8, 4) is 17.6 Å². The third-order valence-electron chi connectivity index (χ3n) is 8.63. The first kappa shape index (κ1) is 30.0. The number of nitrogens with one attached hydrogen (secondary N) is 1. The standard InChI is InChI=1S/C34H32FN5O5/c1-32(35)30(42)28(19-41)45-33(32,20-36)29-18-17-27-31(37-21-38-40(27)29)39-34(22-7-5-4-6-8-22,23-9-13-25(43-2)14-10-23)24-11-15-26(44-3)16-12-24/h4-18,21,28,30,41-42H,19H2,1-3H3,(H,37,38,39)/t28-,30-,32-,33+/m1/s1. The Balaban J connectivity index is 1.58. The number of aliphatic hydroxyl groups is 2. The van der Waals surface area contributed by atoms with Gasteiger partial charge in [-0.1, -0.05) is 54.6 Å². The van der Waals surface area contributed by atoms with Gasteiger partial charge in [0.15, 0.2) is 11.5 Å². The highest BCUT2D eigenvalue weighted by Crippen LogP contribution is 2.50. The Hall–Kier alpha value is -5.02. The molecule has 1 fully saturated rings. The zero-order chi connectivity index (χ0) is 31.8. The van der Waals surface area contributed by atoms with E-state index in [1.807, 2.05) is 84.9 Å². The molecular formula is C34H32FN5O5. The zero-order valence-corrected chi connectivity index (χ0v) is 24.9. The molecule has 1 saturated heterocycles. The number of nitriles is 1. The highest BCUT2D eigenvalue weighted by atomic mass is 19.1. The summed E-state index contributed by atoms with van der Waals surface area (Å²) in [6.45, 7) is 0.419. The van der Waals surface area contributed by atoms with Gasteiger partial charge < -0.3 is 29.7 Å². The number of ether oxygens (including phenoxy) is 3. The molecule has 0 radical (unpaired) electrons. The maximum atomic E-state index is 16.2. The van der Waals surface area contributed by atoms with Crippen LogP contribution in [-0.4, -0.2) is 63.5 Å². The number of hydrogen-bond acceptors (Lipinski definition) is 9. The molecule has 4 atom stereocenters. The van der Waals surface area contributed by atoms with Gasteiger partial charge in [0.2, 0.25) is 5.60 Å². The van der Waals surface area contributed by atoms with Gasteiger partial charge in [0.1, 0.15) is 47.2 Å². The van der Waals surface area contributed by atoms with E-state index in [0.29, 0.717) is 22.8 Å². The van der Waals surface area contributed by atoms with Crippen LogP contribution in [0.3, 0.4) is 0 Å². The van der Waals surface area contributed by atoms with Crippen LogP contribution >= 0.6 is 0 Å². The summed E-state index contributed by atoms with van der Waals surface area (Å²) >= 11 is 0. The van der Waals surface area contributed by atoms with Gasteiger partial charge in [-0.15, -0.1) is 0 Å². The number of aromatic nitrogens is 3. The third-order valence-corrected chi connectivity index (χ3v) is 8.63. The smallest absolute Gasteiger partial charge is 0.233 e. The van der Waals surface area contributed by atoms with Gasteiger partial charge in [-0.3, -0.25) is 0 Å². The minimum atomic E-state index is -2.57. The van der Waals surface area contributed by atoms with Crippen molar-refractivity contribution in [2.45, 2.75) is 35.9 Å². The molecule has 5 aromatic rings.